The van der Waals surface area contributed by atoms with Gasteiger partial charge in [0, 0.05) is 0 Å². The average Bonchev–Trinajstić information content (AvgIpc) is 1.83. The molecule has 4 heteroatoms. The van der Waals surface area contributed by atoms with Gasteiger partial charge in [-0.25, -0.2) is 0 Å². The van der Waals surface area contributed by atoms with Crippen molar-refractivity contribution >= 4 is 25.3 Å². The van der Waals surface area contributed by atoms with E-state index in [9.17, 15) is 9.59 Å². The predicted molar refractivity (Wildman–Crippen MR) is 35.9 cm³/mol. The van der Waals surface area contributed by atoms with Crippen molar-refractivity contribution < 1.29 is 0 Å². The first-order valence-corrected chi connectivity index (χ1v) is 2.75. The van der Waals surface area contributed by atoms with Crippen LogP contribution < -0.4 is 10.9 Å². The van der Waals surface area contributed by atoms with E-state index < -0.39 is 10.9 Å². The molecule has 0 heterocycles. The van der Waals surface area contributed by atoms with Crippen molar-refractivity contribution in [3.05, 3.63) is 20.4 Å². The van der Waals surface area contributed by atoms with Crippen molar-refractivity contribution in [1.82, 2.24) is 0 Å². The Morgan fingerprint density at radius 1 is 0.875 bits per heavy atom. The molecule has 0 spiro atoms. The third-order valence-corrected chi connectivity index (χ3v) is 1.89. The number of rotatable bonds is 0. The van der Waals surface area contributed by atoms with Crippen LogP contribution in [0.1, 0.15) is 0 Å². The zero-order valence-corrected chi connectivity index (χ0v) is 5.50. The summed E-state index contributed by atoms with van der Waals surface area (Å²) >= 11 is 7.33. The smallest absolute Gasteiger partial charge is 0.241 e. The second kappa shape index (κ2) is 1.63. The summed E-state index contributed by atoms with van der Waals surface area (Å²) in [5, 5.41) is 0. The van der Waals surface area contributed by atoms with Gasteiger partial charge in [0.25, 0.3) is 0 Å². The van der Waals surface area contributed by atoms with Gasteiger partial charge in [-0.05, 0) is 0 Å². The monoisotopic (exact) mass is 146 g/mol. The largest absolute Gasteiger partial charge is 0.284 e. The van der Waals surface area contributed by atoms with Crippen LogP contribution in [0.25, 0.3) is 0 Å². The highest BCUT2D eigenvalue weighted by molar-refractivity contribution is 7.83. The van der Waals surface area contributed by atoms with Gasteiger partial charge in [0.15, 0.2) is 0 Å². The first kappa shape index (κ1) is 5.91. The summed E-state index contributed by atoms with van der Waals surface area (Å²) in [7, 11) is 0. The fourth-order valence-electron chi connectivity index (χ4n) is 0.368. The molecule has 0 saturated heterocycles. The molecule has 0 unspecified atom stereocenters. The van der Waals surface area contributed by atoms with Crippen LogP contribution in [0.15, 0.2) is 19.4 Å². The van der Waals surface area contributed by atoms with Crippen molar-refractivity contribution in [2.75, 3.05) is 0 Å². The van der Waals surface area contributed by atoms with E-state index in [4.69, 9.17) is 0 Å². The Hall–Kier alpha value is -0.220. The molecule has 0 fully saturated rings. The molecule has 0 aliphatic rings. The van der Waals surface area contributed by atoms with Crippen molar-refractivity contribution in [2.45, 2.75) is 9.79 Å². The molecule has 0 saturated carbocycles. The van der Waals surface area contributed by atoms with Gasteiger partial charge in [-0.15, -0.1) is 25.3 Å². The second-order valence-corrected chi connectivity index (χ2v) is 2.25. The van der Waals surface area contributed by atoms with Gasteiger partial charge in [-0.1, -0.05) is 0 Å². The normalized spacial score (nSPS) is 10.2. The highest BCUT2D eigenvalue weighted by atomic mass is 32.1. The van der Waals surface area contributed by atoms with Crippen LogP contribution in [0.4, 0.5) is 0 Å². The Kier molecular flexibility index (Phi) is 1.21. The number of hydrogen-bond donors (Lipinski definition) is 2. The Bertz CT molecular complexity index is 252. The molecule has 2 nitrogen and oxygen atoms in total. The minimum atomic E-state index is -0.529. The van der Waals surface area contributed by atoms with Crippen molar-refractivity contribution in [3.63, 3.8) is 0 Å². The summed E-state index contributed by atoms with van der Waals surface area (Å²) in [5.74, 6) is 0. The first-order chi connectivity index (χ1) is 3.64. The quantitative estimate of drug-likeness (QED) is 0.394. The van der Waals surface area contributed by atoms with Gasteiger partial charge in [0.05, 0.1) is 9.79 Å². The molecule has 0 amide bonds. The standard InChI is InChI=1S/C4H2O2S2/c5-1-2(6)4(8)3(1)7/h7-8H. The van der Waals surface area contributed by atoms with Gasteiger partial charge < -0.3 is 0 Å². The number of thiol groups is 2. The first-order valence-electron chi connectivity index (χ1n) is 1.86. The Balaban J connectivity index is 3.48. The lowest BCUT2D eigenvalue weighted by Crippen LogP contribution is -2.32. The minimum Gasteiger partial charge on any atom is -0.284 e. The molecule has 8 heavy (non-hydrogen) atoms. The van der Waals surface area contributed by atoms with Gasteiger partial charge in [-0.3, -0.25) is 9.59 Å². The van der Waals surface area contributed by atoms with E-state index in [1.807, 2.05) is 0 Å². The molecule has 0 radical (unpaired) electrons. The van der Waals surface area contributed by atoms with E-state index in [0.29, 0.717) is 0 Å². The van der Waals surface area contributed by atoms with Crippen molar-refractivity contribution in [3.8, 4) is 0 Å². The molecule has 1 aromatic carbocycles. The zero-order chi connectivity index (χ0) is 6.31. The van der Waals surface area contributed by atoms with Crippen molar-refractivity contribution in [1.29, 1.82) is 0 Å². The molecule has 0 atom stereocenters. The molecule has 42 valence electrons. The minimum absolute atomic E-state index is 0.179. The number of hydrogen-bond acceptors (Lipinski definition) is 4. The summed E-state index contributed by atoms with van der Waals surface area (Å²) in [6.45, 7) is 0. The lowest BCUT2D eigenvalue weighted by molar-refractivity contribution is 1.05. The summed E-state index contributed by atoms with van der Waals surface area (Å²) in [6.07, 6.45) is 0. The molecular formula is C4H2O2S2. The molecule has 0 aliphatic carbocycles. The van der Waals surface area contributed by atoms with E-state index in [0.717, 1.165) is 0 Å². The zero-order valence-electron chi connectivity index (χ0n) is 3.71. The lowest BCUT2D eigenvalue weighted by atomic mass is 10.3. The maximum atomic E-state index is 10.2. The third kappa shape index (κ3) is 0.530. The average molecular weight is 146 g/mol. The molecule has 0 aliphatic heterocycles. The van der Waals surface area contributed by atoms with Crippen LogP contribution in [0, 0.1) is 0 Å². The molecule has 0 bridgehead atoms. The molecule has 0 N–H and O–H groups in total. The van der Waals surface area contributed by atoms with Crippen LogP contribution in [-0.2, 0) is 0 Å². The summed E-state index contributed by atoms with van der Waals surface area (Å²) < 4.78 is 0. The van der Waals surface area contributed by atoms with Gasteiger partial charge in [-0.2, -0.15) is 0 Å². The Morgan fingerprint density at radius 3 is 1.25 bits per heavy atom. The highest BCUT2D eigenvalue weighted by Crippen LogP contribution is 2.08. The maximum Gasteiger partial charge on any atom is 0.241 e. The van der Waals surface area contributed by atoms with Crippen LogP contribution in [0.3, 0.4) is 0 Å². The SMILES string of the molecule is O=c1c(S)c(S)c1=O. The fourth-order valence-corrected chi connectivity index (χ4v) is 0.774. The van der Waals surface area contributed by atoms with E-state index in [-0.39, 0.29) is 9.79 Å². The van der Waals surface area contributed by atoms with Crippen LogP contribution in [0.2, 0.25) is 0 Å². The Morgan fingerprint density at radius 2 is 1.12 bits per heavy atom. The maximum absolute atomic E-state index is 10.2. The third-order valence-electron chi connectivity index (χ3n) is 0.861. The van der Waals surface area contributed by atoms with E-state index in [1.165, 1.54) is 0 Å². The lowest BCUT2D eigenvalue weighted by Gasteiger charge is -1.93. The van der Waals surface area contributed by atoms with Crippen molar-refractivity contribution in [2.24, 2.45) is 0 Å². The van der Waals surface area contributed by atoms with Gasteiger partial charge in [0.1, 0.15) is 0 Å². The molecule has 1 rings (SSSR count). The predicted octanol–water partition coefficient (Wildman–Crippen LogP) is -0.140. The van der Waals surface area contributed by atoms with Crippen LogP contribution >= 0.6 is 25.3 Å². The summed E-state index contributed by atoms with van der Waals surface area (Å²) in [6, 6.07) is 0. The van der Waals surface area contributed by atoms with Crippen LogP contribution in [-0.4, -0.2) is 0 Å². The fraction of sp³-hybridized carbons (Fsp3) is 0. The van der Waals surface area contributed by atoms with Gasteiger partial charge in [0.2, 0.25) is 10.9 Å². The summed E-state index contributed by atoms with van der Waals surface area (Å²) in [4.78, 5) is 20.8. The van der Waals surface area contributed by atoms with Gasteiger partial charge >= 0.3 is 0 Å². The van der Waals surface area contributed by atoms with Crippen LogP contribution in [0.5, 0.6) is 0 Å². The molecule has 1 aromatic rings. The molecule has 0 aromatic heterocycles. The van der Waals surface area contributed by atoms with E-state index in [1.54, 1.807) is 0 Å². The van der Waals surface area contributed by atoms with E-state index in [2.05, 4.69) is 25.3 Å². The van der Waals surface area contributed by atoms with E-state index >= 15 is 0 Å². The Labute approximate surface area is 56.0 Å². The second-order valence-electron chi connectivity index (χ2n) is 1.36. The summed E-state index contributed by atoms with van der Waals surface area (Å²) in [5.41, 5.74) is -1.06. The topological polar surface area (TPSA) is 34.1 Å². The highest BCUT2D eigenvalue weighted by Gasteiger charge is 2.12. The molecular weight excluding hydrogens is 144 g/mol.